The number of nitrogens with zero attached hydrogens (tertiary/aromatic N) is 3. The number of alkyl halides is 4. The number of pyridine rings is 1. The highest BCUT2D eigenvalue weighted by molar-refractivity contribution is 5.88. The maximum atomic E-state index is 14.6. The molecule has 1 aliphatic rings. The van der Waals surface area contributed by atoms with E-state index in [0.717, 1.165) is 10.6 Å². The van der Waals surface area contributed by atoms with Gasteiger partial charge in [0.2, 0.25) is 0 Å². The van der Waals surface area contributed by atoms with Crippen LogP contribution in [-0.4, -0.2) is 21.0 Å². The summed E-state index contributed by atoms with van der Waals surface area (Å²) < 4.78 is 69.4. The Balaban J connectivity index is 1.80. The van der Waals surface area contributed by atoms with Gasteiger partial charge in [-0.3, -0.25) is 4.79 Å². The number of benzene rings is 1. The van der Waals surface area contributed by atoms with Gasteiger partial charge in [-0.25, -0.2) is 31.9 Å². The molecule has 3 aromatic rings. The van der Waals surface area contributed by atoms with Crippen LogP contribution in [0.25, 0.3) is 10.9 Å². The molecule has 0 saturated heterocycles. The van der Waals surface area contributed by atoms with Crippen molar-refractivity contribution in [2.75, 3.05) is 5.32 Å². The first-order valence-corrected chi connectivity index (χ1v) is 10.1. The molecule has 3 atom stereocenters. The van der Waals surface area contributed by atoms with Gasteiger partial charge in [-0.2, -0.15) is 0 Å². The van der Waals surface area contributed by atoms with Gasteiger partial charge >= 0.3 is 0 Å². The van der Waals surface area contributed by atoms with Gasteiger partial charge in [-0.15, -0.1) is 0 Å². The van der Waals surface area contributed by atoms with Crippen molar-refractivity contribution >= 4 is 16.7 Å². The van der Waals surface area contributed by atoms with Gasteiger partial charge in [0.25, 0.3) is 18.4 Å². The first kappa shape index (κ1) is 22.2. The maximum absolute atomic E-state index is 14.6. The number of aryl methyl sites for hydroxylation is 1. The van der Waals surface area contributed by atoms with Crippen molar-refractivity contribution in [3.63, 3.8) is 0 Å². The lowest BCUT2D eigenvalue weighted by Gasteiger charge is -2.22. The van der Waals surface area contributed by atoms with Crippen molar-refractivity contribution in [1.29, 1.82) is 0 Å². The molecule has 0 amide bonds. The lowest BCUT2D eigenvalue weighted by atomic mass is 10.0. The number of fused-ring (bicyclic) bond motifs is 1. The molecular weight excluding hydrogens is 431 g/mol. The van der Waals surface area contributed by atoms with E-state index >= 15 is 0 Å². The van der Waals surface area contributed by atoms with Crippen LogP contribution >= 0.6 is 0 Å². The van der Waals surface area contributed by atoms with Crippen molar-refractivity contribution < 1.29 is 22.0 Å². The van der Waals surface area contributed by atoms with Crippen LogP contribution in [0.15, 0.2) is 35.3 Å². The molecule has 5 nitrogen and oxygen atoms in total. The normalized spacial score (nSPS) is 21.4. The van der Waals surface area contributed by atoms with Gasteiger partial charge < -0.3 is 9.88 Å². The molecule has 0 radical (unpaired) electrons. The summed E-state index contributed by atoms with van der Waals surface area (Å²) in [6.07, 6.45) is -4.24. The van der Waals surface area contributed by atoms with E-state index in [1.165, 1.54) is 24.4 Å². The molecule has 1 N–H and O–H groups in total. The molecule has 10 heteroatoms. The monoisotopic (exact) mass is 452 g/mol. The molecule has 170 valence electrons. The van der Waals surface area contributed by atoms with E-state index in [-0.39, 0.29) is 29.2 Å². The zero-order chi connectivity index (χ0) is 23.4. The summed E-state index contributed by atoms with van der Waals surface area (Å²) in [5.41, 5.74) is -2.66. The largest absolute Gasteiger partial charge is 0.363 e. The van der Waals surface area contributed by atoms with Gasteiger partial charge in [0.15, 0.2) is 0 Å². The Hall–Kier alpha value is -3.04. The first-order valence-electron chi connectivity index (χ1n) is 10.1. The minimum Gasteiger partial charge on any atom is -0.363 e. The van der Waals surface area contributed by atoms with Crippen LogP contribution in [0.2, 0.25) is 0 Å². The van der Waals surface area contributed by atoms with Crippen LogP contribution in [-0.2, 0) is 5.54 Å². The Kier molecular flexibility index (Phi) is 5.42. The Morgan fingerprint density at radius 3 is 2.44 bits per heavy atom. The minimum absolute atomic E-state index is 0.000373. The second-order valence-electron chi connectivity index (χ2n) is 8.21. The number of halogens is 5. The van der Waals surface area contributed by atoms with E-state index in [4.69, 9.17) is 0 Å². The number of aromatic nitrogens is 3. The van der Waals surface area contributed by atoms with E-state index in [9.17, 15) is 26.7 Å². The minimum atomic E-state index is -2.97. The lowest BCUT2D eigenvalue weighted by molar-refractivity contribution is 0.0573. The fraction of sp³-hybridized carbons (Fsp3) is 0.409. The summed E-state index contributed by atoms with van der Waals surface area (Å²) in [6.45, 7) is 4.80. The summed E-state index contributed by atoms with van der Waals surface area (Å²) in [5.74, 6) is -0.925. The van der Waals surface area contributed by atoms with Crippen LogP contribution < -0.4 is 10.9 Å². The molecule has 32 heavy (non-hydrogen) atoms. The van der Waals surface area contributed by atoms with Crippen molar-refractivity contribution in [3.05, 3.63) is 63.6 Å². The molecule has 2 heterocycles. The molecule has 0 aliphatic heterocycles. The average Bonchev–Trinajstić information content (AvgIpc) is 3.39. The highest BCUT2D eigenvalue weighted by atomic mass is 19.3. The van der Waals surface area contributed by atoms with Gasteiger partial charge in [0.05, 0.1) is 22.5 Å². The van der Waals surface area contributed by atoms with Gasteiger partial charge in [0, 0.05) is 17.8 Å². The van der Waals surface area contributed by atoms with E-state index in [1.807, 2.05) is 0 Å². The molecule has 2 unspecified atom stereocenters. The number of anilines is 1. The van der Waals surface area contributed by atoms with Gasteiger partial charge in [-0.1, -0.05) is 25.1 Å². The Morgan fingerprint density at radius 2 is 1.84 bits per heavy atom. The van der Waals surface area contributed by atoms with Crippen LogP contribution in [0, 0.1) is 18.7 Å². The summed E-state index contributed by atoms with van der Waals surface area (Å²) in [4.78, 5) is 21.1. The highest BCUT2D eigenvalue weighted by Crippen LogP contribution is 2.53. The predicted octanol–water partition coefficient (Wildman–Crippen LogP) is 5.35. The van der Waals surface area contributed by atoms with Crippen molar-refractivity contribution in [2.45, 2.75) is 51.6 Å². The SMILES string of the molecule is Cc1nc(N[C@H](C)c2cccc(C(F)F)c2F)c2cn(C3(C(F)F)CC3C)c(=O)cc2n1. The summed E-state index contributed by atoms with van der Waals surface area (Å²) in [5, 5.41) is 3.27. The summed E-state index contributed by atoms with van der Waals surface area (Å²) in [7, 11) is 0. The molecule has 2 aromatic heterocycles. The third-order valence-corrected chi connectivity index (χ3v) is 6.11. The third kappa shape index (κ3) is 3.51. The van der Waals surface area contributed by atoms with E-state index < -0.39 is 41.4 Å². The Bertz CT molecular complexity index is 1240. The fourth-order valence-electron chi connectivity index (χ4n) is 4.19. The third-order valence-electron chi connectivity index (χ3n) is 6.11. The fourth-order valence-corrected chi connectivity index (χ4v) is 4.19. The summed E-state index contributed by atoms with van der Waals surface area (Å²) in [6, 6.07) is 4.12. The van der Waals surface area contributed by atoms with Crippen LogP contribution in [0.3, 0.4) is 0 Å². The molecule has 0 bridgehead atoms. The number of hydrogen-bond donors (Lipinski definition) is 1. The zero-order valence-electron chi connectivity index (χ0n) is 17.5. The van der Waals surface area contributed by atoms with Crippen molar-refractivity contribution in [2.24, 2.45) is 5.92 Å². The molecular formula is C22H21F5N4O. The molecule has 0 spiro atoms. The zero-order valence-corrected chi connectivity index (χ0v) is 17.5. The number of nitrogens with one attached hydrogen (secondary N) is 1. The molecule has 4 rings (SSSR count). The second-order valence-corrected chi connectivity index (χ2v) is 8.21. The average molecular weight is 452 g/mol. The van der Waals surface area contributed by atoms with Crippen molar-refractivity contribution in [1.82, 2.24) is 14.5 Å². The molecule has 1 fully saturated rings. The summed E-state index contributed by atoms with van der Waals surface area (Å²) >= 11 is 0. The maximum Gasteiger partial charge on any atom is 0.266 e. The van der Waals surface area contributed by atoms with Crippen LogP contribution in [0.1, 0.15) is 49.7 Å². The standard InChI is InChI=1S/C22H21F5N4O/c1-10-8-22(10,21(26)27)31-9-15-16(7-17(31)32)29-12(3)30-20(15)28-11(2)13-5-4-6-14(18(13)23)19(24)25/h4-7,9-11,19,21H,8H2,1-3H3,(H,28,29,30)/t10?,11-,22?/m1/s1. The van der Waals surface area contributed by atoms with Gasteiger partial charge in [-0.05, 0) is 26.2 Å². The van der Waals surface area contributed by atoms with Crippen molar-refractivity contribution in [3.8, 4) is 0 Å². The Morgan fingerprint density at radius 1 is 1.19 bits per heavy atom. The molecule has 1 saturated carbocycles. The molecule has 1 aromatic carbocycles. The Labute approximate surface area is 180 Å². The quantitative estimate of drug-likeness (QED) is 0.513. The topological polar surface area (TPSA) is 59.8 Å². The number of hydrogen-bond acceptors (Lipinski definition) is 4. The molecule has 1 aliphatic carbocycles. The van der Waals surface area contributed by atoms with E-state index in [1.54, 1.807) is 20.8 Å². The van der Waals surface area contributed by atoms with Crippen LogP contribution in [0.5, 0.6) is 0 Å². The van der Waals surface area contributed by atoms with E-state index in [0.29, 0.717) is 11.2 Å². The second kappa shape index (κ2) is 7.83. The highest BCUT2D eigenvalue weighted by Gasteiger charge is 2.60. The predicted molar refractivity (Wildman–Crippen MR) is 110 cm³/mol. The van der Waals surface area contributed by atoms with E-state index in [2.05, 4.69) is 15.3 Å². The first-order chi connectivity index (χ1) is 15.1. The smallest absolute Gasteiger partial charge is 0.266 e. The number of rotatable bonds is 6. The van der Waals surface area contributed by atoms with Crippen LogP contribution in [0.4, 0.5) is 27.8 Å². The lowest BCUT2D eigenvalue weighted by Crippen LogP contribution is -2.36. The van der Waals surface area contributed by atoms with Gasteiger partial charge in [0.1, 0.15) is 23.0 Å².